The molecule has 6 nitrogen and oxygen atoms in total. The number of carbonyl (C=O) groups excluding carboxylic acids is 2. The first-order chi connectivity index (χ1) is 7.63. The van der Waals surface area contributed by atoms with Crippen molar-refractivity contribution >= 4 is 17.7 Å². The van der Waals surface area contributed by atoms with Crippen LogP contribution in [0.4, 0.5) is 15.3 Å². The van der Waals surface area contributed by atoms with Crippen molar-refractivity contribution in [3.63, 3.8) is 0 Å². The van der Waals surface area contributed by atoms with E-state index >= 15 is 0 Å². The van der Waals surface area contributed by atoms with Gasteiger partial charge in [0.25, 0.3) is 0 Å². The second kappa shape index (κ2) is 3.73. The van der Waals surface area contributed by atoms with E-state index in [0.717, 1.165) is 9.91 Å². The van der Waals surface area contributed by atoms with Crippen LogP contribution in [-0.2, 0) is 0 Å². The molecule has 0 aromatic heterocycles. The number of imide groups is 1. The van der Waals surface area contributed by atoms with Crippen molar-refractivity contribution in [3.05, 3.63) is 24.3 Å². The summed E-state index contributed by atoms with van der Waals surface area (Å²) in [5.74, 6) is 0.676. The number of nitrogens with zero attached hydrogens (tertiary/aromatic N) is 3. The molecule has 0 bridgehead atoms. The molecule has 1 aliphatic rings. The molecule has 1 aliphatic heterocycles. The Morgan fingerprint density at radius 1 is 1.19 bits per heavy atom. The molecular formula is C10H10N3O3. The number of amides is 4. The van der Waals surface area contributed by atoms with Crippen LogP contribution >= 0.6 is 0 Å². The molecule has 1 heterocycles. The van der Waals surface area contributed by atoms with E-state index in [4.69, 9.17) is 4.74 Å². The third kappa shape index (κ3) is 1.54. The van der Waals surface area contributed by atoms with E-state index in [1.54, 1.807) is 31.4 Å². The molecule has 0 atom stereocenters. The van der Waals surface area contributed by atoms with Crippen LogP contribution in [0.1, 0.15) is 0 Å². The van der Waals surface area contributed by atoms with E-state index in [0.29, 0.717) is 11.4 Å². The first-order valence-electron chi connectivity index (χ1n) is 4.61. The molecule has 1 aromatic rings. The lowest BCUT2D eigenvalue weighted by Crippen LogP contribution is -2.30. The van der Waals surface area contributed by atoms with Crippen molar-refractivity contribution in [1.29, 1.82) is 0 Å². The smallest absolute Gasteiger partial charge is 0.368 e. The number of anilines is 1. The van der Waals surface area contributed by atoms with E-state index in [1.165, 1.54) is 7.05 Å². The molecule has 1 aromatic carbocycles. The number of benzene rings is 1. The van der Waals surface area contributed by atoms with Crippen molar-refractivity contribution in [2.75, 3.05) is 19.2 Å². The van der Waals surface area contributed by atoms with Crippen LogP contribution in [0.2, 0.25) is 0 Å². The minimum Gasteiger partial charge on any atom is -0.497 e. The molecular weight excluding hydrogens is 210 g/mol. The highest BCUT2D eigenvalue weighted by Gasteiger charge is 2.36. The molecule has 0 spiro atoms. The van der Waals surface area contributed by atoms with E-state index in [9.17, 15) is 9.59 Å². The minimum atomic E-state index is -0.569. The number of ether oxygens (including phenoxy) is 1. The van der Waals surface area contributed by atoms with Crippen molar-refractivity contribution in [2.24, 2.45) is 0 Å². The average Bonchev–Trinajstić information content (AvgIpc) is 2.57. The molecule has 0 unspecified atom stereocenters. The van der Waals surface area contributed by atoms with Crippen molar-refractivity contribution in [1.82, 2.24) is 10.3 Å². The van der Waals surface area contributed by atoms with Crippen molar-refractivity contribution in [2.45, 2.75) is 0 Å². The van der Waals surface area contributed by atoms with Gasteiger partial charge in [0.15, 0.2) is 0 Å². The van der Waals surface area contributed by atoms with Gasteiger partial charge in [-0.15, -0.1) is 5.43 Å². The summed E-state index contributed by atoms with van der Waals surface area (Å²) in [7, 11) is 2.94. The highest BCUT2D eigenvalue weighted by Crippen LogP contribution is 2.21. The molecule has 6 heteroatoms. The molecule has 0 saturated carbocycles. The first kappa shape index (κ1) is 10.3. The van der Waals surface area contributed by atoms with Gasteiger partial charge in [0.2, 0.25) is 0 Å². The fraction of sp³-hybridized carbons (Fsp3) is 0.200. The highest BCUT2D eigenvalue weighted by molar-refractivity contribution is 6.08. The molecule has 4 amide bonds. The number of rotatable bonds is 2. The Labute approximate surface area is 92.4 Å². The van der Waals surface area contributed by atoms with Gasteiger partial charge in [0.05, 0.1) is 12.8 Å². The largest absolute Gasteiger partial charge is 0.497 e. The lowest BCUT2D eigenvalue weighted by Gasteiger charge is -2.12. The third-order valence-electron chi connectivity index (χ3n) is 2.26. The van der Waals surface area contributed by atoms with Gasteiger partial charge in [0, 0.05) is 7.05 Å². The fourth-order valence-electron chi connectivity index (χ4n) is 1.31. The van der Waals surface area contributed by atoms with Gasteiger partial charge in [-0.3, -0.25) is 0 Å². The van der Waals surface area contributed by atoms with Gasteiger partial charge in [-0.2, -0.15) is 5.01 Å². The molecule has 1 fully saturated rings. The fourth-order valence-corrected chi connectivity index (χ4v) is 1.31. The second-order valence-corrected chi connectivity index (χ2v) is 3.23. The highest BCUT2D eigenvalue weighted by atomic mass is 16.5. The summed E-state index contributed by atoms with van der Waals surface area (Å²) in [5.41, 5.74) is 4.14. The first-order valence-corrected chi connectivity index (χ1v) is 4.61. The minimum absolute atomic E-state index is 0.463. The number of methoxy groups -OCH3 is 1. The van der Waals surface area contributed by atoms with Crippen molar-refractivity contribution in [3.8, 4) is 5.75 Å². The summed E-state index contributed by atoms with van der Waals surface area (Å²) < 4.78 is 4.99. The zero-order chi connectivity index (χ0) is 11.7. The van der Waals surface area contributed by atoms with Gasteiger partial charge in [-0.05, 0) is 24.3 Å². The van der Waals surface area contributed by atoms with E-state index in [-0.39, 0.29) is 0 Å². The Balaban J connectivity index is 2.25. The summed E-state index contributed by atoms with van der Waals surface area (Å²) in [6.07, 6.45) is 0. The van der Waals surface area contributed by atoms with Gasteiger partial charge in [-0.25, -0.2) is 14.5 Å². The molecule has 1 saturated heterocycles. The predicted octanol–water partition coefficient (Wildman–Crippen LogP) is 1.21. The van der Waals surface area contributed by atoms with E-state index < -0.39 is 12.1 Å². The van der Waals surface area contributed by atoms with Gasteiger partial charge in [0.1, 0.15) is 5.75 Å². The van der Waals surface area contributed by atoms with E-state index in [1.807, 2.05) is 0 Å². The van der Waals surface area contributed by atoms with E-state index in [2.05, 4.69) is 5.43 Å². The summed E-state index contributed by atoms with van der Waals surface area (Å²) >= 11 is 0. The lowest BCUT2D eigenvalue weighted by molar-refractivity contribution is 0.214. The Bertz CT molecular complexity index is 429. The standard InChI is InChI=1S/C10H10N3O3/c1-12-9(14)11-13(10(12)15)7-3-5-8(16-2)6-4-7/h3-6H,1-2H3. The van der Waals surface area contributed by atoms with Crippen LogP contribution in [0.25, 0.3) is 0 Å². The molecule has 83 valence electrons. The number of urea groups is 2. The quantitative estimate of drug-likeness (QED) is 0.752. The SMILES string of the molecule is COc1ccc(N2[N]C(=O)N(C)C2=O)cc1. The third-order valence-corrected chi connectivity index (χ3v) is 2.26. The van der Waals surface area contributed by atoms with Crippen LogP contribution in [0.5, 0.6) is 5.75 Å². The molecule has 16 heavy (non-hydrogen) atoms. The average molecular weight is 220 g/mol. The summed E-state index contributed by atoms with van der Waals surface area (Å²) in [6.45, 7) is 0. The summed E-state index contributed by atoms with van der Waals surface area (Å²) in [4.78, 5) is 23.7. The van der Waals surface area contributed by atoms with Crippen LogP contribution in [0.15, 0.2) is 24.3 Å². The maximum absolute atomic E-state index is 11.6. The zero-order valence-electron chi connectivity index (χ0n) is 8.88. The molecule has 0 N–H and O–H groups in total. The maximum atomic E-state index is 11.6. The Hall–Kier alpha value is -2.24. The van der Waals surface area contributed by atoms with Crippen LogP contribution in [0, 0.1) is 0 Å². The van der Waals surface area contributed by atoms with Crippen LogP contribution < -0.4 is 15.2 Å². The molecule has 2 rings (SSSR count). The second-order valence-electron chi connectivity index (χ2n) is 3.23. The normalized spacial score (nSPS) is 15.4. The zero-order valence-corrected chi connectivity index (χ0v) is 8.88. The maximum Gasteiger partial charge on any atom is 0.368 e. The summed E-state index contributed by atoms with van der Waals surface area (Å²) in [5, 5.41) is 1.06. The Morgan fingerprint density at radius 3 is 2.25 bits per heavy atom. The Kier molecular flexibility index (Phi) is 2.40. The number of hydrogen-bond acceptors (Lipinski definition) is 3. The topological polar surface area (TPSA) is 64.0 Å². The number of carbonyl (C=O) groups is 2. The van der Waals surface area contributed by atoms with Gasteiger partial charge in [-0.1, -0.05) is 0 Å². The monoisotopic (exact) mass is 220 g/mol. The Morgan fingerprint density at radius 2 is 1.81 bits per heavy atom. The van der Waals surface area contributed by atoms with Crippen molar-refractivity contribution < 1.29 is 14.3 Å². The van der Waals surface area contributed by atoms with Gasteiger partial charge < -0.3 is 4.74 Å². The van der Waals surface area contributed by atoms with Crippen LogP contribution in [0.3, 0.4) is 0 Å². The summed E-state index contributed by atoms with van der Waals surface area (Å²) in [6, 6.07) is 5.68. The number of hydrogen-bond donors (Lipinski definition) is 0. The van der Waals surface area contributed by atoms with Crippen LogP contribution in [-0.4, -0.2) is 31.1 Å². The predicted molar refractivity (Wildman–Crippen MR) is 56.2 cm³/mol. The lowest BCUT2D eigenvalue weighted by atomic mass is 10.3. The molecule has 0 aliphatic carbocycles. The molecule has 1 radical (unpaired) electrons. The van der Waals surface area contributed by atoms with Gasteiger partial charge >= 0.3 is 12.1 Å².